The van der Waals surface area contributed by atoms with Crippen molar-refractivity contribution in [2.45, 2.75) is 46.5 Å². The summed E-state index contributed by atoms with van der Waals surface area (Å²) in [6.07, 6.45) is -3.42. The van der Waals surface area contributed by atoms with Gasteiger partial charge in [-0.1, -0.05) is 13.8 Å². The summed E-state index contributed by atoms with van der Waals surface area (Å²) in [5, 5.41) is 4.39. The zero-order valence-corrected chi connectivity index (χ0v) is 13.0. The Bertz CT molecular complexity index is 415. The fourth-order valence-corrected chi connectivity index (χ4v) is 2.60. The van der Waals surface area contributed by atoms with Crippen LogP contribution in [0.5, 0.6) is 0 Å². The lowest BCUT2D eigenvalue weighted by Gasteiger charge is -2.22. The standard InChI is InChI=1S/C12H19BrF3N3/c1-4-9-11(13)10(19(6-3)17-9)7-18(5-2)8-12(14,15)16/h4-8H2,1-3H3. The van der Waals surface area contributed by atoms with Gasteiger partial charge in [-0.25, -0.2) is 0 Å². The molecular weight excluding hydrogens is 323 g/mol. The van der Waals surface area contributed by atoms with Crippen LogP contribution in [0.2, 0.25) is 0 Å². The van der Waals surface area contributed by atoms with E-state index in [4.69, 9.17) is 0 Å². The molecule has 1 heterocycles. The van der Waals surface area contributed by atoms with E-state index in [0.717, 1.165) is 22.3 Å². The van der Waals surface area contributed by atoms with Crippen molar-refractivity contribution in [3.8, 4) is 0 Å². The molecule has 1 aromatic heterocycles. The molecule has 7 heteroatoms. The quantitative estimate of drug-likeness (QED) is 0.788. The molecule has 1 aromatic rings. The maximum absolute atomic E-state index is 12.5. The van der Waals surface area contributed by atoms with Crippen LogP contribution >= 0.6 is 15.9 Å². The van der Waals surface area contributed by atoms with E-state index in [9.17, 15) is 13.2 Å². The zero-order valence-electron chi connectivity index (χ0n) is 11.4. The number of nitrogens with zero attached hydrogens (tertiary/aromatic N) is 3. The Morgan fingerprint density at radius 1 is 1.26 bits per heavy atom. The van der Waals surface area contributed by atoms with E-state index in [1.54, 1.807) is 11.6 Å². The molecular formula is C12H19BrF3N3. The third-order valence-corrected chi connectivity index (χ3v) is 3.83. The average Bonchev–Trinajstić information content (AvgIpc) is 2.63. The van der Waals surface area contributed by atoms with Gasteiger partial charge in [-0.15, -0.1) is 0 Å². The van der Waals surface area contributed by atoms with Crippen LogP contribution in [0, 0.1) is 0 Å². The molecule has 0 unspecified atom stereocenters. The molecule has 0 amide bonds. The molecule has 0 aliphatic rings. The molecule has 0 atom stereocenters. The highest BCUT2D eigenvalue weighted by Crippen LogP contribution is 2.25. The predicted octanol–water partition coefficient (Wildman–Crippen LogP) is 3.61. The number of hydrogen-bond acceptors (Lipinski definition) is 2. The first-order valence-corrected chi connectivity index (χ1v) is 7.14. The predicted molar refractivity (Wildman–Crippen MR) is 72.0 cm³/mol. The lowest BCUT2D eigenvalue weighted by atomic mass is 10.3. The Hall–Kier alpha value is -0.560. The average molecular weight is 342 g/mol. The number of aryl methyl sites for hydroxylation is 2. The summed E-state index contributed by atoms with van der Waals surface area (Å²) in [6, 6.07) is 0. The third kappa shape index (κ3) is 4.49. The molecule has 19 heavy (non-hydrogen) atoms. The minimum Gasteiger partial charge on any atom is -0.289 e. The first-order chi connectivity index (χ1) is 8.82. The second-order valence-electron chi connectivity index (χ2n) is 4.30. The van der Waals surface area contributed by atoms with E-state index < -0.39 is 12.7 Å². The molecule has 0 radical (unpaired) electrons. The summed E-state index contributed by atoms with van der Waals surface area (Å²) < 4.78 is 40.0. The smallest absolute Gasteiger partial charge is 0.289 e. The van der Waals surface area contributed by atoms with Gasteiger partial charge in [0.25, 0.3) is 0 Å². The van der Waals surface area contributed by atoms with Crippen LogP contribution in [0.15, 0.2) is 4.47 Å². The zero-order chi connectivity index (χ0) is 14.6. The highest BCUT2D eigenvalue weighted by Gasteiger charge is 2.31. The van der Waals surface area contributed by atoms with Crippen LogP contribution in [0.3, 0.4) is 0 Å². The van der Waals surface area contributed by atoms with Gasteiger partial charge in [0.05, 0.1) is 22.4 Å². The Kier molecular flexibility index (Phi) is 5.85. The van der Waals surface area contributed by atoms with Gasteiger partial charge in [-0.05, 0) is 35.8 Å². The SMILES string of the molecule is CCc1nn(CC)c(CN(CC)CC(F)(F)F)c1Br. The van der Waals surface area contributed by atoms with Gasteiger partial charge < -0.3 is 0 Å². The van der Waals surface area contributed by atoms with Crippen molar-refractivity contribution >= 4 is 15.9 Å². The van der Waals surface area contributed by atoms with Crippen LogP contribution in [0.25, 0.3) is 0 Å². The van der Waals surface area contributed by atoms with Crippen molar-refractivity contribution in [3.63, 3.8) is 0 Å². The van der Waals surface area contributed by atoms with Gasteiger partial charge >= 0.3 is 6.18 Å². The van der Waals surface area contributed by atoms with E-state index in [1.807, 2.05) is 13.8 Å². The molecule has 110 valence electrons. The Balaban J connectivity index is 2.93. The Morgan fingerprint density at radius 2 is 1.89 bits per heavy atom. The van der Waals surface area contributed by atoms with Gasteiger partial charge in [0, 0.05) is 13.1 Å². The Morgan fingerprint density at radius 3 is 2.32 bits per heavy atom. The molecule has 0 N–H and O–H groups in total. The van der Waals surface area contributed by atoms with E-state index in [0.29, 0.717) is 13.1 Å². The van der Waals surface area contributed by atoms with Crippen molar-refractivity contribution in [3.05, 3.63) is 15.9 Å². The molecule has 0 saturated heterocycles. The second kappa shape index (κ2) is 6.74. The van der Waals surface area contributed by atoms with Gasteiger partial charge in [0.2, 0.25) is 0 Å². The fourth-order valence-electron chi connectivity index (χ4n) is 1.91. The van der Waals surface area contributed by atoms with Crippen molar-refractivity contribution < 1.29 is 13.2 Å². The highest BCUT2D eigenvalue weighted by atomic mass is 79.9. The normalized spacial score (nSPS) is 12.4. The van der Waals surface area contributed by atoms with Crippen LogP contribution in [0.4, 0.5) is 13.2 Å². The molecule has 0 fully saturated rings. The van der Waals surface area contributed by atoms with E-state index in [1.165, 1.54) is 4.90 Å². The summed E-state index contributed by atoms with van der Waals surface area (Å²) in [5.41, 5.74) is 1.70. The molecule has 0 aromatic carbocycles. The lowest BCUT2D eigenvalue weighted by Crippen LogP contribution is -2.34. The van der Waals surface area contributed by atoms with Crippen LogP contribution in [-0.4, -0.2) is 33.9 Å². The van der Waals surface area contributed by atoms with Crippen molar-refractivity contribution in [2.75, 3.05) is 13.1 Å². The number of rotatable bonds is 6. The minimum atomic E-state index is -4.17. The topological polar surface area (TPSA) is 21.1 Å². The number of halogens is 4. The molecule has 0 aliphatic carbocycles. The summed E-state index contributed by atoms with van der Waals surface area (Å²) in [4.78, 5) is 1.37. The summed E-state index contributed by atoms with van der Waals surface area (Å²) >= 11 is 3.45. The van der Waals surface area contributed by atoms with E-state index >= 15 is 0 Å². The maximum atomic E-state index is 12.5. The molecule has 1 rings (SSSR count). The summed E-state index contributed by atoms with van der Waals surface area (Å²) in [6.45, 7) is 5.99. The first-order valence-electron chi connectivity index (χ1n) is 6.35. The summed E-state index contributed by atoms with van der Waals surface area (Å²) in [7, 11) is 0. The number of hydrogen-bond donors (Lipinski definition) is 0. The van der Waals surface area contributed by atoms with Gasteiger partial charge in [-0.3, -0.25) is 9.58 Å². The van der Waals surface area contributed by atoms with Gasteiger partial charge in [0.15, 0.2) is 0 Å². The van der Waals surface area contributed by atoms with Gasteiger partial charge in [-0.2, -0.15) is 18.3 Å². The first kappa shape index (κ1) is 16.5. The van der Waals surface area contributed by atoms with Crippen LogP contribution in [-0.2, 0) is 19.5 Å². The summed E-state index contributed by atoms with van der Waals surface area (Å²) in [5.74, 6) is 0. The minimum absolute atomic E-state index is 0.247. The van der Waals surface area contributed by atoms with E-state index in [-0.39, 0.29) is 6.54 Å². The second-order valence-corrected chi connectivity index (χ2v) is 5.09. The monoisotopic (exact) mass is 341 g/mol. The van der Waals surface area contributed by atoms with Crippen molar-refractivity contribution in [2.24, 2.45) is 0 Å². The Labute approximate surface area is 119 Å². The fraction of sp³-hybridized carbons (Fsp3) is 0.750. The molecule has 0 aliphatic heterocycles. The molecule has 0 saturated carbocycles. The number of aromatic nitrogens is 2. The molecule has 3 nitrogen and oxygen atoms in total. The molecule has 0 spiro atoms. The van der Waals surface area contributed by atoms with Crippen LogP contribution < -0.4 is 0 Å². The number of alkyl halides is 3. The molecule has 0 bridgehead atoms. The largest absolute Gasteiger partial charge is 0.401 e. The highest BCUT2D eigenvalue weighted by molar-refractivity contribution is 9.10. The van der Waals surface area contributed by atoms with Crippen molar-refractivity contribution in [1.29, 1.82) is 0 Å². The van der Waals surface area contributed by atoms with Crippen molar-refractivity contribution in [1.82, 2.24) is 14.7 Å². The lowest BCUT2D eigenvalue weighted by molar-refractivity contribution is -0.146. The van der Waals surface area contributed by atoms with Crippen LogP contribution in [0.1, 0.15) is 32.2 Å². The third-order valence-electron chi connectivity index (χ3n) is 2.92. The van der Waals surface area contributed by atoms with E-state index in [2.05, 4.69) is 21.0 Å². The van der Waals surface area contributed by atoms with Gasteiger partial charge in [0.1, 0.15) is 0 Å². The maximum Gasteiger partial charge on any atom is 0.401 e.